The number of sulfonamides is 1. The molecular formula is C24H28N4O3S3. The predicted molar refractivity (Wildman–Crippen MR) is 136 cm³/mol. The summed E-state index contributed by atoms with van der Waals surface area (Å²) in [5.41, 5.74) is 1.57. The molecule has 4 heterocycles. The van der Waals surface area contributed by atoms with Crippen molar-refractivity contribution in [3.8, 4) is 10.6 Å². The Morgan fingerprint density at radius 1 is 0.912 bits per heavy atom. The summed E-state index contributed by atoms with van der Waals surface area (Å²) in [4.78, 5) is 23.4. The second-order valence-corrected chi connectivity index (χ2v) is 12.5. The van der Waals surface area contributed by atoms with Gasteiger partial charge in [0.2, 0.25) is 10.0 Å². The van der Waals surface area contributed by atoms with E-state index in [9.17, 15) is 13.2 Å². The van der Waals surface area contributed by atoms with Crippen LogP contribution in [0.5, 0.6) is 0 Å². The van der Waals surface area contributed by atoms with E-state index in [4.69, 9.17) is 4.98 Å². The van der Waals surface area contributed by atoms with Crippen molar-refractivity contribution in [1.82, 2.24) is 19.1 Å². The van der Waals surface area contributed by atoms with Gasteiger partial charge in [0.05, 0.1) is 22.0 Å². The Labute approximate surface area is 208 Å². The lowest BCUT2D eigenvalue weighted by molar-refractivity contribution is 0.0628. The third-order valence-corrected chi connectivity index (χ3v) is 10.0. The second-order valence-electron chi connectivity index (χ2n) is 8.66. The monoisotopic (exact) mass is 516 g/mol. The first-order chi connectivity index (χ1) is 16.5. The highest BCUT2D eigenvalue weighted by Gasteiger charge is 2.27. The molecule has 2 aliphatic rings. The molecule has 7 nitrogen and oxygen atoms in total. The molecule has 0 bridgehead atoms. The average Bonchev–Trinajstić information content (AvgIpc) is 3.57. The maximum atomic E-state index is 13.0. The van der Waals surface area contributed by atoms with Crippen LogP contribution in [0.15, 0.2) is 52.1 Å². The van der Waals surface area contributed by atoms with E-state index in [1.54, 1.807) is 51.2 Å². The number of piperidine rings is 1. The SMILES string of the molecule is O=C(c1ccc(S(=O)(=O)N2CCCCC2)cc1)N1CCN(Cc2nc(-c3cccs3)cs2)CC1. The number of carbonyl (C=O) groups excluding carboxylic acids is 1. The van der Waals surface area contributed by atoms with Gasteiger partial charge in [0.1, 0.15) is 5.01 Å². The number of benzene rings is 1. The smallest absolute Gasteiger partial charge is 0.253 e. The van der Waals surface area contributed by atoms with Gasteiger partial charge in [-0.25, -0.2) is 13.4 Å². The summed E-state index contributed by atoms with van der Waals surface area (Å²) < 4.78 is 27.2. The average molecular weight is 517 g/mol. The summed E-state index contributed by atoms with van der Waals surface area (Å²) in [7, 11) is -3.48. The van der Waals surface area contributed by atoms with Crippen molar-refractivity contribution in [2.24, 2.45) is 0 Å². The fourth-order valence-electron chi connectivity index (χ4n) is 4.43. The summed E-state index contributed by atoms with van der Waals surface area (Å²) in [5, 5.41) is 5.26. The number of nitrogens with zero attached hydrogens (tertiary/aromatic N) is 4. The molecule has 2 aliphatic heterocycles. The molecule has 2 aromatic heterocycles. The molecular weight excluding hydrogens is 488 g/mol. The molecule has 0 radical (unpaired) electrons. The molecule has 2 saturated heterocycles. The van der Waals surface area contributed by atoms with E-state index < -0.39 is 10.0 Å². The summed E-state index contributed by atoms with van der Waals surface area (Å²) in [6.45, 7) is 4.82. The number of rotatable bonds is 6. The van der Waals surface area contributed by atoms with E-state index >= 15 is 0 Å². The van der Waals surface area contributed by atoms with Crippen LogP contribution in [0.1, 0.15) is 34.6 Å². The van der Waals surface area contributed by atoms with Gasteiger partial charge in [-0.05, 0) is 48.6 Å². The normalized spacial score (nSPS) is 18.3. The number of carbonyl (C=O) groups is 1. The molecule has 0 unspecified atom stereocenters. The van der Waals surface area contributed by atoms with Crippen LogP contribution in [0.4, 0.5) is 0 Å². The minimum atomic E-state index is -3.48. The molecule has 0 spiro atoms. The fraction of sp³-hybridized carbons (Fsp3) is 0.417. The number of aromatic nitrogens is 1. The van der Waals surface area contributed by atoms with E-state index in [-0.39, 0.29) is 10.8 Å². The zero-order valence-corrected chi connectivity index (χ0v) is 21.4. The Kier molecular flexibility index (Phi) is 7.12. The maximum absolute atomic E-state index is 13.0. The first kappa shape index (κ1) is 23.6. The molecule has 0 aliphatic carbocycles. The van der Waals surface area contributed by atoms with Crippen molar-refractivity contribution in [1.29, 1.82) is 0 Å². The van der Waals surface area contributed by atoms with Gasteiger partial charge in [-0.2, -0.15) is 4.31 Å². The maximum Gasteiger partial charge on any atom is 0.253 e. The fourth-order valence-corrected chi connectivity index (χ4v) is 7.54. The van der Waals surface area contributed by atoms with E-state index in [0.29, 0.717) is 31.7 Å². The number of thiophene rings is 1. The first-order valence-corrected chi connectivity index (χ1v) is 14.8. The number of hydrogen-bond acceptors (Lipinski definition) is 7. The van der Waals surface area contributed by atoms with Crippen LogP contribution in [0.2, 0.25) is 0 Å². The van der Waals surface area contributed by atoms with Gasteiger partial charge in [0, 0.05) is 50.2 Å². The van der Waals surface area contributed by atoms with Crippen LogP contribution in [-0.4, -0.2) is 72.7 Å². The minimum Gasteiger partial charge on any atom is -0.336 e. The molecule has 1 amide bonds. The molecule has 0 N–H and O–H groups in total. The van der Waals surface area contributed by atoms with Crippen LogP contribution in [0, 0.1) is 0 Å². The van der Waals surface area contributed by atoms with Crippen LogP contribution >= 0.6 is 22.7 Å². The van der Waals surface area contributed by atoms with Gasteiger partial charge in [-0.3, -0.25) is 9.69 Å². The highest BCUT2D eigenvalue weighted by Crippen LogP contribution is 2.27. The van der Waals surface area contributed by atoms with Crippen LogP contribution in [0.25, 0.3) is 10.6 Å². The van der Waals surface area contributed by atoms with Crippen LogP contribution in [-0.2, 0) is 16.6 Å². The largest absolute Gasteiger partial charge is 0.336 e. The number of amides is 1. The molecule has 0 atom stereocenters. The van der Waals surface area contributed by atoms with Crippen molar-refractivity contribution in [3.63, 3.8) is 0 Å². The molecule has 0 saturated carbocycles. The lowest BCUT2D eigenvalue weighted by Gasteiger charge is -2.34. The van der Waals surface area contributed by atoms with Gasteiger partial charge < -0.3 is 4.90 Å². The highest BCUT2D eigenvalue weighted by atomic mass is 32.2. The van der Waals surface area contributed by atoms with Gasteiger partial charge in [-0.15, -0.1) is 22.7 Å². The predicted octanol–water partition coefficient (Wildman–Crippen LogP) is 4.00. The third kappa shape index (κ3) is 5.11. The van der Waals surface area contributed by atoms with Crippen molar-refractivity contribution in [2.75, 3.05) is 39.3 Å². The molecule has 180 valence electrons. The Balaban J connectivity index is 1.16. The summed E-state index contributed by atoms with van der Waals surface area (Å²) >= 11 is 3.38. The molecule has 2 fully saturated rings. The minimum absolute atomic E-state index is 0.0456. The zero-order chi connectivity index (χ0) is 23.5. The Morgan fingerprint density at radius 3 is 2.32 bits per heavy atom. The molecule has 5 rings (SSSR count). The Bertz CT molecular complexity index is 1210. The molecule has 1 aromatic carbocycles. The number of piperazine rings is 1. The topological polar surface area (TPSA) is 73.8 Å². The number of hydrogen-bond donors (Lipinski definition) is 0. The van der Waals surface area contributed by atoms with E-state index in [0.717, 1.165) is 49.6 Å². The van der Waals surface area contributed by atoms with Crippen molar-refractivity contribution < 1.29 is 13.2 Å². The van der Waals surface area contributed by atoms with Crippen molar-refractivity contribution in [3.05, 3.63) is 57.7 Å². The lowest BCUT2D eigenvalue weighted by atomic mass is 10.2. The van der Waals surface area contributed by atoms with Crippen molar-refractivity contribution >= 4 is 38.6 Å². The zero-order valence-electron chi connectivity index (χ0n) is 18.9. The molecule has 10 heteroatoms. The van der Waals surface area contributed by atoms with Gasteiger partial charge >= 0.3 is 0 Å². The summed E-state index contributed by atoms with van der Waals surface area (Å²) in [6, 6.07) is 10.6. The van der Waals surface area contributed by atoms with Gasteiger partial charge in [0.15, 0.2) is 0 Å². The van der Waals surface area contributed by atoms with Gasteiger partial charge in [-0.1, -0.05) is 12.5 Å². The summed E-state index contributed by atoms with van der Waals surface area (Å²) in [5.74, 6) is -0.0456. The number of thiazole rings is 1. The van der Waals surface area contributed by atoms with E-state index in [1.807, 2.05) is 11.0 Å². The van der Waals surface area contributed by atoms with E-state index in [2.05, 4.69) is 21.7 Å². The van der Waals surface area contributed by atoms with Crippen molar-refractivity contribution in [2.45, 2.75) is 30.7 Å². The standard InChI is InChI=1S/C24H28N4O3S3/c29-24(19-6-8-20(9-7-19)34(30,31)28-10-2-1-3-11-28)27-14-12-26(13-15-27)17-23-25-21(18-33-23)22-5-4-16-32-22/h4-9,16,18H,1-3,10-15,17H2. The van der Waals surface area contributed by atoms with Gasteiger partial charge in [0.25, 0.3) is 5.91 Å². The summed E-state index contributed by atoms with van der Waals surface area (Å²) in [6.07, 6.45) is 2.88. The van der Waals surface area contributed by atoms with Crippen LogP contribution < -0.4 is 0 Å². The van der Waals surface area contributed by atoms with Crippen LogP contribution in [0.3, 0.4) is 0 Å². The Morgan fingerprint density at radius 2 is 1.65 bits per heavy atom. The molecule has 34 heavy (non-hydrogen) atoms. The first-order valence-electron chi connectivity index (χ1n) is 11.6. The lowest BCUT2D eigenvalue weighted by Crippen LogP contribution is -2.48. The second kappa shape index (κ2) is 10.2. The third-order valence-electron chi connectivity index (χ3n) is 6.40. The van der Waals surface area contributed by atoms with E-state index in [1.165, 1.54) is 4.88 Å². The highest BCUT2D eigenvalue weighted by molar-refractivity contribution is 7.89. The quantitative estimate of drug-likeness (QED) is 0.495. The Hall–Kier alpha value is -2.11. The molecule has 3 aromatic rings.